The predicted molar refractivity (Wildman–Crippen MR) is 520 cm³/mol. The van der Waals surface area contributed by atoms with Crippen molar-refractivity contribution in [3.05, 3.63) is 139 Å². The molecule has 0 unspecified atom stereocenters. The van der Waals surface area contributed by atoms with Crippen molar-refractivity contribution in [3.8, 4) is 6.07 Å². The highest BCUT2D eigenvalue weighted by Gasteiger charge is 2.68. The second kappa shape index (κ2) is 33.7. The van der Waals surface area contributed by atoms with E-state index in [1.165, 1.54) is 84.5 Å². The lowest BCUT2D eigenvalue weighted by molar-refractivity contribution is -0.155. The summed E-state index contributed by atoms with van der Waals surface area (Å²) in [5.74, 6) is 1.43. The molecule has 0 aromatic carbocycles. The minimum absolute atomic E-state index is 0.00264. The van der Waals surface area contributed by atoms with Gasteiger partial charge in [-0.3, -0.25) is 43.2 Å². The Kier molecular flexibility index (Phi) is 26.1. The van der Waals surface area contributed by atoms with Crippen molar-refractivity contribution >= 4 is 66.1 Å². The van der Waals surface area contributed by atoms with Crippen LogP contribution < -0.4 is 0 Å². The molecule has 16 heteroatoms. The van der Waals surface area contributed by atoms with Gasteiger partial charge in [0.15, 0.2) is 43.0 Å². The highest BCUT2D eigenvalue weighted by Crippen LogP contribution is 2.72. The molecule has 18 aliphatic carbocycles. The van der Waals surface area contributed by atoms with Crippen LogP contribution in [0.25, 0.3) is 4.85 Å². The molecule has 712 valence electrons. The van der Waals surface area contributed by atoms with Crippen molar-refractivity contribution in [2.45, 2.75) is 403 Å². The third kappa shape index (κ3) is 16.5. The number of rotatable bonds is 2. The van der Waals surface area contributed by atoms with Crippen molar-refractivity contribution in [1.82, 2.24) is 0 Å². The Morgan fingerprint density at radius 3 is 1.37 bits per heavy atom. The third-order valence-electron chi connectivity index (χ3n) is 39.5. The van der Waals surface area contributed by atoms with Crippen LogP contribution in [0.3, 0.4) is 0 Å². The summed E-state index contributed by atoms with van der Waals surface area (Å²) in [4.78, 5) is 127. The number of fused-ring (bicyclic) bond motifs is 18. The number of aliphatic hydroxyl groups is 2. The van der Waals surface area contributed by atoms with E-state index in [1.54, 1.807) is 37.1 Å². The number of carbonyl (C=O) groups excluding carboxylic acids is 10. The maximum absolute atomic E-state index is 13.0. The number of hydrogen-bond acceptors (Lipinski definition) is 14. The first kappa shape index (κ1) is 101. The van der Waals surface area contributed by atoms with Gasteiger partial charge in [-0.2, -0.15) is 5.26 Å². The average Bonchev–Trinajstić information content (AvgIpc) is 0.817. The Balaban J connectivity index is 0.000000135. The first-order chi connectivity index (χ1) is 60.1. The van der Waals surface area contributed by atoms with Crippen molar-refractivity contribution in [3.63, 3.8) is 0 Å². The summed E-state index contributed by atoms with van der Waals surface area (Å²) in [6.07, 6.45) is 45.5. The van der Waals surface area contributed by atoms with Crippen molar-refractivity contribution < 1.29 is 62.6 Å². The molecule has 8 fully saturated rings. The molecule has 8 saturated carbocycles. The summed E-state index contributed by atoms with van der Waals surface area (Å²) < 4.78 is 7.08. The fraction of sp³-hybridized carbons (Fsp3) is 0.704. The molecule has 18 rings (SSSR count). The van der Waals surface area contributed by atoms with Gasteiger partial charge in [-0.05, 0) is 261 Å². The molecule has 0 amide bonds. The van der Waals surface area contributed by atoms with Gasteiger partial charge < -0.3 is 19.4 Å². The minimum Gasteiger partial charge on any atom is -0.414 e. The highest BCUT2D eigenvalue weighted by molar-refractivity contribution is 6.74. The van der Waals surface area contributed by atoms with Crippen LogP contribution in [0, 0.1) is 128 Å². The Morgan fingerprint density at radius 2 is 0.863 bits per heavy atom. The lowest BCUT2D eigenvalue weighted by atomic mass is 9.43. The molecule has 0 aromatic heterocycles. The Hall–Kier alpha value is -7.08. The van der Waals surface area contributed by atoms with Gasteiger partial charge in [0.1, 0.15) is 29.2 Å². The lowest BCUT2D eigenvalue weighted by Gasteiger charge is -2.63. The number of allylic oxidation sites excluding steroid dienone is 22. The molecule has 0 saturated heterocycles. The summed E-state index contributed by atoms with van der Waals surface area (Å²) in [5, 5.41) is 31.1. The molecule has 131 heavy (non-hydrogen) atoms. The summed E-state index contributed by atoms with van der Waals surface area (Å²) >= 11 is 0. The van der Waals surface area contributed by atoms with E-state index in [1.807, 2.05) is 65.8 Å². The van der Waals surface area contributed by atoms with Crippen LogP contribution in [0.5, 0.6) is 0 Å². The summed E-state index contributed by atoms with van der Waals surface area (Å²) in [5.41, 5.74) is 9.86. The molecule has 15 nitrogen and oxygen atoms in total. The third-order valence-corrected chi connectivity index (χ3v) is 44.0. The molecular formula is C115H160N2O13Si. The Labute approximate surface area is 786 Å². The van der Waals surface area contributed by atoms with Gasteiger partial charge in [-0.1, -0.05) is 226 Å². The molecule has 18 atom stereocenters. The molecule has 2 N–H and O–H groups in total. The molecule has 18 aliphatic rings. The fourth-order valence-electron chi connectivity index (χ4n) is 31.5. The number of carbonyl (C=O) groups is 10. The Bertz CT molecular complexity index is 5350. The maximum atomic E-state index is 13.0. The van der Waals surface area contributed by atoms with E-state index >= 15 is 0 Å². The van der Waals surface area contributed by atoms with E-state index in [9.17, 15) is 63.4 Å². The van der Waals surface area contributed by atoms with Gasteiger partial charge in [0, 0.05) is 123 Å². The van der Waals surface area contributed by atoms with Crippen molar-refractivity contribution in [1.29, 1.82) is 5.26 Å². The SMILES string of the molecule is CC1(C)C(=O)CC[C@@]2(C)C1=CC[C@@]1(C)CCC(=O)C=C12.CC1(C)C(=O)CC[C@@]2(C)C1=CC[C@@]1(C)CCCC=C12.CC1(C)C(=O)CC[C@]2(C)C3=CC(=O)CC[C@]3(C)C[C@H](O)[C@@H]12.CC1(C)C(=O)CC[C@]2(C)C3=CC(=O)CC[C@]3(C)C[C@H](O[Si](C)(C)C(C)(C)C)[C@@H]12.CC1=C2CC[C@@]3(C)CCCC=C3[C@@]2(C)CCC1=O.[C-]#[N+]C1=C[C@]2(C)C3=CC(=O)C(C#N)=C[C@]3(C)C[C@H](O)[C@H]2C(C)(C)C1=O. The number of nitrogens with zero attached hydrogens (tertiary/aromatic N) is 2. The van der Waals surface area contributed by atoms with Crippen LogP contribution in [-0.2, 0) is 52.4 Å². The standard InChI is InChI=1S/C24H40O3Si.C20H20N2O3.C18H26O3.C18H24O2.C18H26O.C17H24O/c1-21(2,3)28(8,9)27-17-15-23(6)12-10-16(25)14-18(23)24(7)13-11-19(26)22(4,5)20(17)24;1-18(2)16-14(24)9-19(3)7-11(10-21)13(23)6-15(19)20(16,4)8-12(22-5)17(18)25;1-16(2)14(21)6-8-18(4)13-9-11(19)5-7-17(13,3)10-12(20)15(16)18;1-16(2)13-6-9-17(3)8-5-12(19)11-14(17)18(13,4)10-7-15(16)20;1-16(2)13-8-11-17(3)10-6-5-7-14(17)18(13,4)12-9-15(16)19;1-12-13-7-10-16(2)9-5-4-6-15(16)17(13,3)11-8-14(12)18/h14,17,20H,10-13,15H2,1-9H3;6-8,14,16,24H,9H2,1-4H3;9,12,15,20H,5-8,10H2,1-4H3;6,11H,5,7-10H2,1-4H3;7-8H,5-6,9-12H2,1-4H3;6H,4-5,7-11H2,1-3H3/t17-,20-,23+,24+;14-,16-,19+,20+;12-,15-,17+,18+;2*17-,18+;16-,17+/m000111/s1. The summed E-state index contributed by atoms with van der Waals surface area (Å²) in [7, 11) is -1.99. The van der Waals surface area contributed by atoms with E-state index in [0.29, 0.717) is 85.3 Å². The zero-order chi connectivity index (χ0) is 97.4. The maximum Gasteiger partial charge on any atom is 0.226 e. The number of ketones is 10. The van der Waals surface area contributed by atoms with Gasteiger partial charge >= 0.3 is 0 Å². The molecule has 0 heterocycles. The number of hydrogen-bond donors (Lipinski definition) is 2. The van der Waals surface area contributed by atoms with E-state index in [4.69, 9.17) is 11.0 Å². The van der Waals surface area contributed by atoms with Crippen LogP contribution in [0.4, 0.5) is 0 Å². The molecule has 0 aliphatic heterocycles. The summed E-state index contributed by atoms with van der Waals surface area (Å²) in [6, 6.07) is 1.92. The second-order valence-electron chi connectivity index (χ2n) is 51.4. The molecule has 0 spiro atoms. The Morgan fingerprint density at radius 1 is 0.435 bits per heavy atom. The van der Waals surface area contributed by atoms with Crippen molar-refractivity contribution in [2.24, 2.45) is 110 Å². The van der Waals surface area contributed by atoms with Crippen LogP contribution in [0.1, 0.15) is 366 Å². The van der Waals surface area contributed by atoms with Gasteiger partial charge in [-0.25, -0.2) is 4.85 Å². The van der Waals surface area contributed by atoms with E-state index in [-0.39, 0.29) is 123 Å². The van der Waals surface area contributed by atoms with E-state index in [2.05, 4.69) is 167 Å². The monoisotopic (exact) mass is 1810 g/mol. The molecular weight excluding hydrogens is 1650 g/mol. The fourth-order valence-corrected chi connectivity index (χ4v) is 32.9. The first-order valence-electron chi connectivity index (χ1n) is 50.2. The molecule has 0 radical (unpaired) electrons. The van der Waals surface area contributed by atoms with Gasteiger partial charge in [-0.15, -0.1) is 0 Å². The minimum atomic E-state index is -1.99. The smallest absolute Gasteiger partial charge is 0.226 e. The van der Waals surface area contributed by atoms with Crippen molar-refractivity contribution in [2.75, 3.05) is 0 Å². The van der Waals surface area contributed by atoms with Gasteiger partial charge in [0.2, 0.25) is 5.70 Å². The quantitative estimate of drug-likeness (QED) is 0.148. The number of aliphatic hydroxyl groups excluding tert-OH is 2. The van der Waals surface area contributed by atoms with Crippen LogP contribution >= 0.6 is 0 Å². The molecule has 0 bridgehead atoms. The van der Waals surface area contributed by atoms with Crippen LogP contribution in [0.2, 0.25) is 18.1 Å². The second-order valence-corrected chi connectivity index (χ2v) is 56.1. The largest absolute Gasteiger partial charge is 0.414 e. The zero-order valence-corrected chi connectivity index (χ0v) is 86.5. The predicted octanol–water partition coefficient (Wildman–Crippen LogP) is 25.3. The summed E-state index contributed by atoms with van der Waals surface area (Å²) in [6.45, 7) is 67.9. The first-order valence-corrected chi connectivity index (χ1v) is 53.1. The number of nitriles is 1. The lowest BCUT2D eigenvalue weighted by Crippen LogP contribution is -2.62. The van der Waals surface area contributed by atoms with Crippen LogP contribution in [0.15, 0.2) is 128 Å². The number of Topliss-reactive ketones (excluding diaryl/α,β-unsaturated/α-hetero) is 6. The zero-order valence-electron chi connectivity index (χ0n) is 85.5. The molecule has 0 aromatic rings. The van der Waals surface area contributed by atoms with E-state index in [0.717, 1.165) is 101 Å². The van der Waals surface area contributed by atoms with Crippen LogP contribution in [-0.4, -0.2) is 94.7 Å². The highest BCUT2D eigenvalue weighted by atomic mass is 28.4. The average molecular weight is 1810 g/mol. The normalized spacial score (nSPS) is 40.5. The van der Waals surface area contributed by atoms with E-state index < -0.39 is 53.5 Å². The topological polar surface area (TPSA) is 249 Å². The van der Waals surface area contributed by atoms with Gasteiger partial charge in [0.25, 0.3) is 0 Å². The van der Waals surface area contributed by atoms with Gasteiger partial charge in [0.05, 0.1) is 30.5 Å².